The van der Waals surface area contributed by atoms with Gasteiger partial charge in [-0.15, -0.1) is 0 Å². The van der Waals surface area contributed by atoms with E-state index in [0.29, 0.717) is 35.3 Å². The molecule has 0 radical (unpaired) electrons. The van der Waals surface area contributed by atoms with E-state index in [-0.39, 0.29) is 11.9 Å². The van der Waals surface area contributed by atoms with Gasteiger partial charge >= 0.3 is 0 Å². The van der Waals surface area contributed by atoms with E-state index in [9.17, 15) is 4.79 Å². The number of hydrogen-bond donors (Lipinski definition) is 0. The van der Waals surface area contributed by atoms with Crippen molar-refractivity contribution in [2.45, 2.75) is 31.7 Å². The molecular weight excluding hydrogens is 352 g/mol. The van der Waals surface area contributed by atoms with Crippen molar-refractivity contribution >= 4 is 17.5 Å². The quantitative estimate of drug-likeness (QED) is 0.791. The summed E-state index contributed by atoms with van der Waals surface area (Å²) in [6.07, 6.45) is 6.30. The smallest absolute Gasteiger partial charge is 0.254 e. The van der Waals surface area contributed by atoms with E-state index >= 15 is 0 Å². The zero-order chi connectivity index (χ0) is 18.1. The van der Waals surface area contributed by atoms with Crippen molar-refractivity contribution < 1.29 is 14.3 Å². The number of carbonyl (C=O) groups excluding carboxylic acids is 1. The van der Waals surface area contributed by atoms with Crippen LogP contribution in [0.2, 0.25) is 5.02 Å². The first kappa shape index (κ1) is 17.3. The largest absolute Gasteiger partial charge is 0.486 e. The van der Waals surface area contributed by atoms with Gasteiger partial charge in [0.25, 0.3) is 5.91 Å². The highest BCUT2D eigenvalue weighted by Crippen LogP contribution is 2.39. The first-order valence-corrected chi connectivity index (χ1v) is 9.54. The molecule has 5 nitrogen and oxygen atoms in total. The van der Waals surface area contributed by atoms with Gasteiger partial charge < -0.3 is 18.9 Å². The van der Waals surface area contributed by atoms with E-state index in [2.05, 4.69) is 10.6 Å². The molecule has 2 aliphatic heterocycles. The van der Waals surface area contributed by atoms with E-state index in [1.54, 1.807) is 12.1 Å². The number of ether oxygens (including phenoxy) is 2. The predicted molar refractivity (Wildman–Crippen MR) is 100 cm³/mol. The van der Waals surface area contributed by atoms with Crippen LogP contribution >= 0.6 is 11.6 Å². The van der Waals surface area contributed by atoms with Crippen molar-refractivity contribution in [1.82, 2.24) is 9.47 Å². The lowest BCUT2D eigenvalue weighted by Crippen LogP contribution is -2.35. The normalized spacial score (nSPS) is 19.9. The van der Waals surface area contributed by atoms with Crippen LogP contribution < -0.4 is 9.47 Å². The van der Waals surface area contributed by atoms with Crippen LogP contribution in [0.5, 0.6) is 11.5 Å². The maximum atomic E-state index is 13.4. The van der Waals surface area contributed by atoms with Gasteiger partial charge in [-0.25, -0.2) is 0 Å². The molecule has 0 spiro atoms. The number of likely N-dealkylation sites (tertiary alicyclic amines) is 1. The second kappa shape index (κ2) is 7.23. The van der Waals surface area contributed by atoms with Crippen molar-refractivity contribution in [3.8, 4) is 11.5 Å². The van der Waals surface area contributed by atoms with Gasteiger partial charge in [-0.1, -0.05) is 24.4 Å². The Labute approximate surface area is 158 Å². The van der Waals surface area contributed by atoms with Crippen molar-refractivity contribution in [1.29, 1.82) is 0 Å². The van der Waals surface area contributed by atoms with Crippen LogP contribution in [0.1, 0.15) is 47.8 Å². The fourth-order valence-corrected chi connectivity index (χ4v) is 4.14. The molecule has 1 unspecified atom stereocenters. The Morgan fingerprint density at radius 2 is 2.04 bits per heavy atom. The van der Waals surface area contributed by atoms with Crippen molar-refractivity contribution in [3.05, 3.63) is 46.7 Å². The van der Waals surface area contributed by atoms with Gasteiger partial charge in [-0.3, -0.25) is 4.79 Å². The summed E-state index contributed by atoms with van der Waals surface area (Å²) in [7, 11) is 2.03. The SMILES string of the molecule is Cn1cccc1C1CCCCCN1C(=O)c1cc(Cl)c2c(c1)OCCO2. The maximum Gasteiger partial charge on any atom is 0.254 e. The number of fused-ring (bicyclic) bond motifs is 1. The first-order valence-electron chi connectivity index (χ1n) is 9.16. The van der Waals surface area contributed by atoms with Crippen LogP contribution in [0, 0.1) is 0 Å². The number of carbonyl (C=O) groups is 1. The molecule has 6 heteroatoms. The molecule has 138 valence electrons. The highest BCUT2D eigenvalue weighted by molar-refractivity contribution is 6.32. The van der Waals surface area contributed by atoms with E-state index in [0.717, 1.165) is 32.2 Å². The van der Waals surface area contributed by atoms with Crippen LogP contribution in [0.25, 0.3) is 0 Å². The van der Waals surface area contributed by atoms with E-state index < -0.39 is 0 Å². The number of halogens is 1. The Hall–Kier alpha value is -2.14. The molecule has 0 bridgehead atoms. The highest BCUT2D eigenvalue weighted by atomic mass is 35.5. The Balaban J connectivity index is 1.69. The number of hydrogen-bond acceptors (Lipinski definition) is 3. The molecular formula is C20H23ClN2O3. The molecule has 2 aliphatic rings. The summed E-state index contributed by atoms with van der Waals surface area (Å²) >= 11 is 6.34. The Morgan fingerprint density at radius 1 is 1.19 bits per heavy atom. The number of amides is 1. The summed E-state index contributed by atoms with van der Waals surface area (Å²) in [5.41, 5.74) is 1.73. The Morgan fingerprint density at radius 3 is 2.85 bits per heavy atom. The minimum atomic E-state index is -0.00280. The van der Waals surface area contributed by atoms with Gasteiger partial charge in [0.15, 0.2) is 11.5 Å². The molecule has 4 rings (SSSR count). The second-order valence-electron chi connectivity index (χ2n) is 6.89. The second-order valence-corrected chi connectivity index (χ2v) is 7.30. The summed E-state index contributed by atoms with van der Waals surface area (Å²) in [6.45, 7) is 1.69. The molecule has 0 saturated carbocycles. The lowest BCUT2D eigenvalue weighted by Gasteiger charge is -2.31. The monoisotopic (exact) mass is 374 g/mol. The first-order chi connectivity index (χ1) is 12.6. The Kier molecular flexibility index (Phi) is 4.81. The number of aryl methyl sites for hydroxylation is 1. The lowest BCUT2D eigenvalue weighted by atomic mass is 10.0. The predicted octanol–water partition coefficient (Wildman–Crippen LogP) is 4.21. The molecule has 0 N–H and O–H groups in total. The minimum Gasteiger partial charge on any atom is -0.486 e. The van der Waals surface area contributed by atoms with Crippen molar-refractivity contribution in [2.24, 2.45) is 7.05 Å². The fraction of sp³-hybridized carbons (Fsp3) is 0.450. The summed E-state index contributed by atoms with van der Waals surface area (Å²) in [5.74, 6) is 1.08. The summed E-state index contributed by atoms with van der Waals surface area (Å²) < 4.78 is 13.3. The lowest BCUT2D eigenvalue weighted by molar-refractivity contribution is 0.0673. The van der Waals surface area contributed by atoms with Crippen LogP contribution in [0.4, 0.5) is 0 Å². The molecule has 2 aromatic rings. The molecule has 1 aromatic carbocycles. The standard InChI is InChI=1S/C20H23ClN2O3/c1-22-8-5-7-16(22)17-6-3-2-4-9-23(17)20(24)14-12-15(21)19-18(13-14)25-10-11-26-19/h5,7-8,12-13,17H,2-4,6,9-11H2,1H3. The molecule has 3 heterocycles. The van der Waals surface area contributed by atoms with E-state index in [1.807, 2.05) is 24.2 Å². The number of nitrogens with zero attached hydrogens (tertiary/aromatic N) is 2. The van der Waals surface area contributed by atoms with Crippen molar-refractivity contribution in [2.75, 3.05) is 19.8 Å². The molecule has 0 aliphatic carbocycles. The third kappa shape index (κ3) is 3.16. The number of aromatic nitrogens is 1. The highest BCUT2D eigenvalue weighted by Gasteiger charge is 2.30. The molecule has 1 aromatic heterocycles. The van der Waals surface area contributed by atoms with Gasteiger partial charge in [0.2, 0.25) is 0 Å². The summed E-state index contributed by atoms with van der Waals surface area (Å²) in [5, 5.41) is 0.427. The third-order valence-corrected chi connectivity index (χ3v) is 5.46. The van der Waals surface area contributed by atoms with Gasteiger partial charge in [0, 0.05) is 31.0 Å². The minimum absolute atomic E-state index is 0.00280. The van der Waals surface area contributed by atoms with Gasteiger partial charge in [0.05, 0.1) is 11.1 Å². The van der Waals surface area contributed by atoms with E-state index in [1.165, 1.54) is 5.69 Å². The van der Waals surface area contributed by atoms with Crippen LogP contribution in [-0.4, -0.2) is 35.1 Å². The summed E-state index contributed by atoms with van der Waals surface area (Å²) in [4.78, 5) is 15.4. The number of rotatable bonds is 2. The third-order valence-electron chi connectivity index (χ3n) is 5.18. The zero-order valence-electron chi connectivity index (χ0n) is 14.9. The molecule has 26 heavy (non-hydrogen) atoms. The fourth-order valence-electron chi connectivity index (χ4n) is 3.88. The average molecular weight is 375 g/mol. The van der Waals surface area contributed by atoms with Crippen LogP contribution in [0.3, 0.4) is 0 Å². The Bertz CT molecular complexity index is 817. The van der Waals surface area contributed by atoms with Crippen LogP contribution in [-0.2, 0) is 7.05 Å². The maximum absolute atomic E-state index is 13.4. The van der Waals surface area contributed by atoms with Crippen LogP contribution in [0.15, 0.2) is 30.5 Å². The zero-order valence-corrected chi connectivity index (χ0v) is 15.7. The van der Waals surface area contributed by atoms with Crippen molar-refractivity contribution in [3.63, 3.8) is 0 Å². The average Bonchev–Trinajstić information content (AvgIpc) is 2.93. The summed E-state index contributed by atoms with van der Waals surface area (Å²) in [6, 6.07) is 7.67. The molecule has 1 atom stereocenters. The van der Waals surface area contributed by atoms with Gasteiger partial charge in [-0.2, -0.15) is 0 Å². The topological polar surface area (TPSA) is 43.7 Å². The van der Waals surface area contributed by atoms with Gasteiger partial charge in [0.1, 0.15) is 13.2 Å². The molecule has 1 amide bonds. The number of benzene rings is 1. The molecule has 1 saturated heterocycles. The molecule has 1 fully saturated rings. The van der Waals surface area contributed by atoms with E-state index in [4.69, 9.17) is 21.1 Å². The van der Waals surface area contributed by atoms with Gasteiger partial charge in [-0.05, 0) is 37.1 Å².